The van der Waals surface area contributed by atoms with Gasteiger partial charge in [-0.3, -0.25) is 9.59 Å². The summed E-state index contributed by atoms with van der Waals surface area (Å²) in [4.78, 5) is 24.4. The number of benzene rings is 1. The Morgan fingerprint density at radius 1 is 1.38 bits per heavy atom. The summed E-state index contributed by atoms with van der Waals surface area (Å²) in [6.07, 6.45) is 1.83. The molecule has 6 heteroatoms. The van der Waals surface area contributed by atoms with Gasteiger partial charge in [0.25, 0.3) is 0 Å². The van der Waals surface area contributed by atoms with Crippen LogP contribution in [0.5, 0.6) is 0 Å². The van der Waals surface area contributed by atoms with Crippen molar-refractivity contribution in [3.05, 3.63) is 41.7 Å². The Bertz CT molecular complexity index is 574. The van der Waals surface area contributed by atoms with Gasteiger partial charge in [0, 0.05) is 24.7 Å². The smallest absolute Gasteiger partial charge is 0.308 e. The average molecular weight is 314 g/mol. The molecular weight excluding hydrogens is 297 g/mol. The van der Waals surface area contributed by atoms with Crippen LogP contribution in [0.4, 0.5) is 4.39 Å². The van der Waals surface area contributed by atoms with Gasteiger partial charge in [0.2, 0.25) is 5.91 Å². The molecule has 21 heavy (non-hydrogen) atoms. The molecule has 0 saturated carbocycles. The largest absolute Gasteiger partial charge is 0.481 e. The zero-order valence-corrected chi connectivity index (χ0v) is 12.4. The molecule has 1 unspecified atom stereocenters. The van der Waals surface area contributed by atoms with Crippen molar-refractivity contribution in [1.82, 2.24) is 4.90 Å². The van der Waals surface area contributed by atoms with Crippen molar-refractivity contribution in [3.8, 4) is 0 Å². The van der Waals surface area contributed by atoms with E-state index in [0.717, 1.165) is 0 Å². The normalized spacial score (nSPS) is 18.3. The Morgan fingerprint density at radius 2 is 2.05 bits per heavy atom. The molecule has 0 aromatic heterocycles. The van der Waals surface area contributed by atoms with Crippen molar-refractivity contribution in [2.45, 2.75) is 13.3 Å². The zero-order valence-electron chi connectivity index (χ0n) is 11.6. The first-order chi connectivity index (χ1) is 9.49. The maximum atomic E-state index is 13.6. The maximum Gasteiger partial charge on any atom is 0.308 e. The van der Waals surface area contributed by atoms with Gasteiger partial charge < -0.3 is 10.0 Å². The predicted molar refractivity (Wildman–Crippen MR) is 79.6 cm³/mol. The second-order valence-corrected chi connectivity index (χ2v) is 4.92. The third-order valence-electron chi connectivity index (χ3n) is 3.49. The molecule has 1 aromatic rings. The number of nitrogens with zero attached hydrogens (tertiary/aromatic N) is 1. The molecule has 114 valence electrons. The summed E-state index contributed by atoms with van der Waals surface area (Å²) in [5.41, 5.74) is 0.918. The minimum atomic E-state index is -0.880. The average Bonchev–Trinajstić information content (AvgIpc) is 2.88. The molecule has 1 fully saturated rings. The fraction of sp³-hybridized carbons (Fsp3) is 0.333. The topological polar surface area (TPSA) is 57.6 Å². The van der Waals surface area contributed by atoms with Crippen molar-refractivity contribution in [1.29, 1.82) is 0 Å². The third-order valence-corrected chi connectivity index (χ3v) is 3.49. The van der Waals surface area contributed by atoms with Crippen LogP contribution in [-0.2, 0) is 9.59 Å². The highest BCUT2D eigenvalue weighted by Crippen LogP contribution is 2.20. The number of carboxylic acid groups (broad SMARTS) is 1. The lowest BCUT2D eigenvalue weighted by atomic mass is 10.1. The van der Waals surface area contributed by atoms with Crippen molar-refractivity contribution < 1.29 is 19.1 Å². The molecule has 1 aliphatic heterocycles. The zero-order chi connectivity index (χ0) is 14.7. The van der Waals surface area contributed by atoms with E-state index >= 15 is 0 Å². The van der Waals surface area contributed by atoms with Crippen LogP contribution in [0.25, 0.3) is 5.57 Å². The number of carbonyl (C=O) groups is 2. The van der Waals surface area contributed by atoms with E-state index in [9.17, 15) is 14.0 Å². The van der Waals surface area contributed by atoms with E-state index in [1.807, 2.05) is 0 Å². The number of aliphatic carboxylic acids is 1. The van der Waals surface area contributed by atoms with Crippen molar-refractivity contribution >= 4 is 29.9 Å². The molecule has 1 amide bonds. The van der Waals surface area contributed by atoms with E-state index in [-0.39, 0.29) is 30.7 Å². The number of halogens is 2. The van der Waals surface area contributed by atoms with E-state index in [0.29, 0.717) is 24.1 Å². The van der Waals surface area contributed by atoms with Crippen LogP contribution in [0, 0.1) is 11.7 Å². The quantitative estimate of drug-likeness (QED) is 0.873. The number of amides is 1. The van der Waals surface area contributed by atoms with Gasteiger partial charge in [-0.15, -0.1) is 12.4 Å². The molecule has 0 spiro atoms. The first-order valence-corrected chi connectivity index (χ1v) is 6.44. The lowest BCUT2D eigenvalue weighted by Gasteiger charge is -2.14. The van der Waals surface area contributed by atoms with Crippen molar-refractivity contribution in [2.75, 3.05) is 13.1 Å². The number of rotatable bonds is 3. The summed E-state index contributed by atoms with van der Waals surface area (Å²) in [6, 6.07) is 6.24. The molecule has 2 rings (SSSR count). The van der Waals surface area contributed by atoms with Crippen LogP contribution in [0.1, 0.15) is 18.9 Å². The Balaban J connectivity index is 0.00000220. The standard InChI is InChI=1S/C15H16FNO3.ClH/c1-10(12-4-2-3-5-13(12)16)8-14(18)17-7-6-11(9-17)15(19)20;/h2-5,8,11H,6-7,9H2,1H3,(H,19,20);1H/b10-8-;. The van der Waals surface area contributed by atoms with Gasteiger partial charge in [0.15, 0.2) is 0 Å². The highest BCUT2D eigenvalue weighted by molar-refractivity contribution is 5.95. The minimum Gasteiger partial charge on any atom is -0.481 e. The van der Waals surface area contributed by atoms with Gasteiger partial charge in [0.05, 0.1) is 5.92 Å². The summed E-state index contributed by atoms with van der Waals surface area (Å²) < 4.78 is 13.6. The summed E-state index contributed by atoms with van der Waals surface area (Å²) >= 11 is 0. The first kappa shape index (κ1) is 17.2. The molecule has 1 N–H and O–H groups in total. The van der Waals surface area contributed by atoms with Gasteiger partial charge >= 0.3 is 5.97 Å². The van der Waals surface area contributed by atoms with Crippen LogP contribution < -0.4 is 0 Å². The number of allylic oxidation sites excluding steroid dienone is 1. The molecule has 1 atom stereocenters. The SMILES string of the molecule is C/C(=C/C(=O)N1CCC(C(=O)O)C1)c1ccccc1F.Cl. The second kappa shape index (κ2) is 7.22. The van der Waals surface area contributed by atoms with Crippen molar-refractivity contribution in [3.63, 3.8) is 0 Å². The molecule has 0 radical (unpaired) electrons. The van der Waals surface area contributed by atoms with Gasteiger partial charge in [-0.05, 0) is 25.0 Å². The molecule has 0 aliphatic carbocycles. The monoisotopic (exact) mass is 313 g/mol. The number of carbonyl (C=O) groups excluding carboxylic acids is 1. The molecule has 1 aromatic carbocycles. The predicted octanol–water partition coefficient (Wildman–Crippen LogP) is 2.58. The van der Waals surface area contributed by atoms with Gasteiger partial charge in [-0.2, -0.15) is 0 Å². The Hall–Kier alpha value is -1.88. The van der Waals surface area contributed by atoms with E-state index in [1.54, 1.807) is 25.1 Å². The second-order valence-electron chi connectivity index (χ2n) is 4.92. The minimum absolute atomic E-state index is 0. The van der Waals surface area contributed by atoms with E-state index in [4.69, 9.17) is 5.11 Å². The number of hydrogen-bond acceptors (Lipinski definition) is 2. The fourth-order valence-electron chi connectivity index (χ4n) is 2.30. The molecular formula is C15H17ClFNO3. The van der Waals surface area contributed by atoms with Crippen LogP contribution in [0.2, 0.25) is 0 Å². The molecule has 1 heterocycles. The maximum absolute atomic E-state index is 13.6. The van der Waals surface area contributed by atoms with Gasteiger partial charge in [-0.25, -0.2) is 4.39 Å². The lowest BCUT2D eigenvalue weighted by molar-refractivity contribution is -0.141. The number of carboxylic acids is 1. The van der Waals surface area contributed by atoms with Crippen LogP contribution in [0.15, 0.2) is 30.3 Å². The molecule has 1 aliphatic rings. The Kier molecular flexibility index (Phi) is 5.90. The summed E-state index contributed by atoms with van der Waals surface area (Å²) in [7, 11) is 0. The summed E-state index contributed by atoms with van der Waals surface area (Å²) in [5, 5.41) is 8.91. The van der Waals surface area contributed by atoms with E-state index in [1.165, 1.54) is 17.0 Å². The summed E-state index contributed by atoms with van der Waals surface area (Å²) in [6.45, 7) is 2.31. The Morgan fingerprint density at radius 3 is 2.62 bits per heavy atom. The molecule has 4 nitrogen and oxygen atoms in total. The van der Waals surface area contributed by atoms with E-state index < -0.39 is 11.9 Å². The fourth-order valence-corrected chi connectivity index (χ4v) is 2.30. The Labute approximate surface area is 128 Å². The first-order valence-electron chi connectivity index (χ1n) is 6.44. The molecule has 1 saturated heterocycles. The van der Waals surface area contributed by atoms with Crippen LogP contribution in [-0.4, -0.2) is 35.0 Å². The van der Waals surface area contributed by atoms with Gasteiger partial charge in [0.1, 0.15) is 5.82 Å². The van der Waals surface area contributed by atoms with Crippen LogP contribution >= 0.6 is 12.4 Å². The number of likely N-dealkylation sites (tertiary alicyclic amines) is 1. The van der Waals surface area contributed by atoms with Crippen LogP contribution in [0.3, 0.4) is 0 Å². The highest BCUT2D eigenvalue weighted by atomic mass is 35.5. The third kappa shape index (κ3) is 4.04. The summed E-state index contributed by atoms with van der Waals surface area (Å²) in [5.74, 6) is -2.02. The number of hydrogen-bond donors (Lipinski definition) is 1. The van der Waals surface area contributed by atoms with Crippen molar-refractivity contribution in [2.24, 2.45) is 5.92 Å². The van der Waals surface area contributed by atoms with Gasteiger partial charge in [-0.1, -0.05) is 18.2 Å². The molecule has 0 bridgehead atoms. The lowest BCUT2D eigenvalue weighted by Crippen LogP contribution is -2.28. The highest BCUT2D eigenvalue weighted by Gasteiger charge is 2.30. The van der Waals surface area contributed by atoms with E-state index in [2.05, 4.69) is 0 Å².